The topological polar surface area (TPSA) is 72.3 Å². The van der Waals surface area contributed by atoms with Crippen molar-refractivity contribution in [2.24, 2.45) is 0 Å². The summed E-state index contributed by atoms with van der Waals surface area (Å²) in [6.07, 6.45) is 5.23. The molecule has 1 saturated heterocycles. The van der Waals surface area contributed by atoms with E-state index in [0.29, 0.717) is 19.7 Å². The third-order valence-electron chi connectivity index (χ3n) is 4.34. The molecule has 1 aromatic heterocycles. The zero-order valence-corrected chi connectivity index (χ0v) is 14.8. The molecule has 0 unspecified atom stereocenters. The highest BCUT2D eigenvalue weighted by atomic mass is 16.5. The van der Waals surface area contributed by atoms with E-state index in [1.807, 2.05) is 35.6 Å². The molecule has 0 aliphatic carbocycles. The molecule has 7 nitrogen and oxygen atoms in total. The average molecular weight is 343 g/mol. The van der Waals surface area contributed by atoms with E-state index < -0.39 is 0 Å². The number of carbonyl (C=O) groups excluding carboxylic acids is 1. The number of likely N-dealkylation sites (tertiary alicyclic amines) is 1. The Labute approximate surface area is 148 Å². The number of benzene rings is 1. The number of hydrogen-bond donors (Lipinski definition) is 1. The van der Waals surface area contributed by atoms with E-state index in [1.54, 1.807) is 6.33 Å². The van der Waals surface area contributed by atoms with Crippen LogP contribution in [0.15, 0.2) is 30.9 Å². The lowest BCUT2D eigenvalue weighted by atomic mass is 10.1. The van der Waals surface area contributed by atoms with Crippen molar-refractivity contribution in [3.63, 3.8) is 0 Å². The second kappa shape index (κ2) is 8.00. The molecule has 1 fully saturated rings. The maximum atomic E-state index is 12.3. The number of carbonyl (C=O) groups is 1. The Hall–Kier alpha value is -2.57. The van der Waals surface area contributed by atoms with Crippen LogP contribution in [0.25, 0.3) is 0 Å². The van der Waals surface area contributed by atoms with Crippen LogP contribution in [0.4, 0.5) is 4.79 Å². The third-order valence-corrected chi connectivity index (χ3v) is 4.34. The van der Waals surface area contributed by atoms with Gasteiger partial charge in [-0.25, -0.2) is 14.5 Å². The van der Waals surface area contributed by atoms with Crippen LogP contribution >= 0.6 is 0 Å². The summed E-state index contributed by atoms with van der Waals surface area (Å²) >= 11 is 0. The summed E-state index contributed by atoms with van der Waals surface area (Å²) < 4.78 is 7.57. The number of urea groups is 1. The molecule has 1 atom stereocenters. The van der Waals surface area contributed by atoms with Crippen LogP contribution in [0.5, 0.6) is 5.75 Å². The summed E-state index contributed by atoms with van der Waals surface area (Å²) in [5.74, 6) is 0.843. The van der Waals surface area contributed by atoms with Gasteiger partial charge in [0.1, 0.15) is 25.0 Å². The quantitative estimate of drug-likeness (QED) is 0.846. The van der Waals surface area contributed by atoms with Gasteiger partial charge in [0, 0.05) is 13.1 Å². The van der Waals surface area contributed by atoms with E-state index in [1.165, 1.54) is 17.5 Å². The molecule has 1 aromatic carbocycles. The number of ether oxygens (including phenoxy) is 1. The summed E-state index contributed by atoms with van der Waals surface area (Å²) in [6, 6.07) is 6.27. The number of amides is 2. The van der Waals surface area contributed by atoms with Crippen LogP contribution in [0.1, 0.15) is 30.0 Å². The highest BCUT2D eigenvalue weighted by molar-refractivity contribution is 5.74. The van der Waals surface area contributed by atoms with Gasteiger partial charge in [-0.2, -0.15) is 5.10 Å². The fourth-order valence-corrected chi connectivity index (χ4v) is 3.22. The Balaban J connectivity index is 1.43. The van der Waals surface area contributed by atoms with Crippen LogP contribution in [-0.2, 0) is 0 Å². The summed E-state index contributed by atoms with van der Waals surface area (Å²) in [7, 11) is 0. The van der Waals surface area contributed by atoms with Gasteiger partial charge in [-0.3, -0.25) is 0 Å². The van der Waals surface area contributed by atoms with E-state index >= 15 is 0 Å². The Morgan fingerprint density at radius 3 is 2.84 bits per heavy atom. The maximum absolute atomic E-state index is 12.3. The minimum absolute atomic E-state index is 0.0474. The van der Waals surface area contributed by atoms with Gasteiger partial charge in [0.15, 0.2) is 0 Å². The van der Waals surface area contributed by atoms with Gasteiger partial charge in [0.2, 0.25) is 0 Å². The molecule has 134 valence electrons. The SMILES string of the molecule is Cc1cc(C)cc(OCCNC(=O)N2CCC[C@@H](n3cncn3)C2)c1. The van der Waals surface area contributed by atoms with Gasteiger partial charge in [-0.1, -0.05) is 6.07 Å². The first-order valence-corrected chi connectivity index (χ1v) is 8.70. The molecular weight excluding hydrogens is 318 g/mol. The highest BCUT2D eigenvalue weighted by Gasteiger charge is 2.24. The molecule has 0 spiro atoms. The molecular formula is C18H25N5O2. The maximum Gasteiger partial charge on any atom is 0.317 e. The van der Waals surface area contributed by atoms with E-state index in [-0.39, 0.29) is 12.1 Å². The first-order valence-electron chi connectivity index (χ1n) is 8.70. The normalized spacial score (nSPS) is 17.4. The number of hydrogen-bond acceptors (Lipinski definition) is 4. The van der Waals surface area contributed by atoms with Gasteiger partial charge in [0.25, 0.3) is 0 Å². The molecule has 2 heterocycles. The van der Waals surface area contributed by atoms with Gasteiger partial charge in [-0.15, -0.1) is 0 Å². The van der Waals surface area contributed by atoms with Crippen LogP contribution < -0.4 is 10.1 Å². The monoisotopic (exact) mass is 343 g/mol. The van der Waals surface area contributed by atoms with Crippen molar-refractivity contribution in [3.05, 3.63) is 42.0 Å². The summed E-state index contributed by atoms with van der Waals surface area (Å²) in [4.78, 5) is 18.2. The number of nitrogens with one attached hydrogen (secondary N) is 1. The molecule has 2 aromatic rings. The van der Waals surface area contributed by atoms with E-state index in [0.717, 1.165) is 25.1 Å². The average Bonchev–Trinajstić information content (AvgIpc) is 3.12. The minimum Gasteiger partial charge on any atom is -0.492 e. The zero-order chi connectivity index (χ0) is 17.6. The largest absolute Gasteiger partial charge is 0.492 e. The Kier molecular flexibility index (Phi) is 5.53. The lowest BCUT2D eigenvalue weighted by Gasteiger charge is -2.32. The van der Waals surface area contributed by atoms with Gasteiger partial charge >= 0.3 is 6.03 Å². The van der Waals surface area contributed by atoms with Crippen molar-refractivity contribution >= 4 is 6.03 Å². The molecule has 1 N–H and O–H groups in total. The fourth-order valence-electron chi connectivity index (χ4n) is 3.22. The molecule has 2 amide bonds. The predicted molar refractivity (Wildman–Crippen MR) is 94.7 cm³/mol. The van der Waals surface area contributed by atoms with Crippen molar-refractivity contribution in [1.82, 2.24) is 25.0 Å². The van der Waals surface area contributed by atoms with Gasteiger partial charge < -0.3 is 15.0 Å². The Morgan fingerprint density at radius 2 is 2.12 bits per heavy atom. The molecule has 3 rings (SSSR count). The molecule has 0 bridgehead atoms. The zero-order valence-electron chi connectivity index (χ0n) is 14.8. The lowest BCUT2D eigenvalue weighted by molar-refractivity contribution is 0.161. The fraction of sp³-hybridized carbons (Fsp3) is 0.500. The van der Waals surface area contributed by atoms with Crippen molar-refractivity contribution in [2.75, 3.05) is 26.2 Å². The van der Waals surface area contributed by atoms with Crippen molar-refractivity contribution in [1.29, 1.82) is 0 Å². The van der Waals surface area contributed by atoms with Crippen molar-refractivity contribution < 1.29 is 9.53 Å². The van der Waals surface area contributed by atoms with Crippen LogP contribution in [-0.4, -0.2) is 51.9 Å². The second-order valence-corrected chi connectivity index (χ2v) is 6.52. The number of nitrogens with zero attached hydrogens (tertiary/aromatic N) is 4. The number of aromatic nitrogens is 3. The molecule has 25 heavy (non-hydrogen) atoms. The predicted octanol–water partition coefficient (Wildman–Crippen LogP) is 2.32. The molecule has 0 saturated carbocycles. The third kappa shape index (κ3) is 4.71. The molecule has 1 aliphatic rings. The standard InChI is InChI=1S/C18H25N5O2/c1-14-8-15(2)10-17(9-14)25-7-5-20-18(24)22-6-3-4-16(11-22)23-13-19-12-21-23/h8-10,12-13,16H,3-7,11H2,1-2H3,(H,20,24)/t16-/m1/s1. The Bertz CT molecular complexity index is 681. The van der Waals surface area contributed by atoms with E-state index in [9.17, 15) is 4.79 Å². The lowest BCUT2D eigenvalue weighted by Crippen LogP contribution is -2.46. The van der Waals surface area contributed by atoms with Crippen LogP contribution in [0, 0.1) is 13.8 Å². The second-order valence-electron chi connectivity index (χ2n) is 6.52. The molecule has 7 heteroatoms. The number of piperidine rings is 1. The summed E-state index contributed by atoms with van der Waals surface area (Å²) in [6.45, 7) is 6.46. The number of rotatable bonds is 5. The van der Waals surface area contributed by atoms with Crippen LogP contribution in [0.3, 0.4) is 0 Å². The van der Waals surface area contributed by atoms with Gasteiger partial charge in [0.05, 0.1) is 12.6 Å². The first-order chi connectivity index (χ1) is 12.1. The smallest absolute Gasteiger partial charge is 0.317 e. The Morgan fingerprint density at radius 1 is 1.32 bits per heavy atom. The van der Waals surface area contributed by atoms with E-state index in [2.05, 4.69) is 21.5 Å². The summed E-state index contributed by atoms with van der Waals surface area (Å²) in [5, 5.41) is 7.12. The van der Waals surface area contributed by atoms with E-state index in [4.69, 9.17) is 4.74 Å². The number of aryl methyl sites for hydroxylation is 2. The van der Waals surface area contributed by atoms with Gasteiger partial charge in [-0.05, 0) is 49.9 Å². The minimum atomic E-state index is -0.0474. The first kappa shape index (κ1) is 17.3. The highest BCUT2D eigenvalue weighted by Crippen LogP contribution is 2.20. The van der Waals surface area contributed by atoms with Crippen molar-refractivity contribution in [2.45, 2.75) is 32.7 Å². The molecule has 0 radical (unpaired) electrons. The summed E-state index contributed by atoms with van der Waals surface area (Å²) in [5.41, 5.74) is 2.35. The molecule has 1 aliphatic heterocycles. The van der Waals surface area contributed by atoms with Crippen LogP contribution in [0.2, 0.25) is 0 Å². The van der Waals surface area contributed by atoms with Crippen molar-refractivity contribution in [3.8, 4) is 5.75 Å².